The van der Waals surface area contributed by atoms with Crippen LogP contribution in [0.15, 0.2) is 66.7 Å². The SMILES string of the molecule is COc1ccc([C@@H](CN2CCCC2)N(C)C(=O)C2c3ccccc3-c3ccccc32)c(OC)c1. The van der Waals surface area contributed by atoms with Crippen LogP contribution in [0, 0.1) is 0 Å². The van der Waals surface area contributed by atoms with E-state index in [1.165, 1.54) is 12.8 Å². The van der Waals surface area contributed by atoms with Crippen LogP contribution in [0.25, 0.3) is 11.1 Å². The Bertz CT molecular complexity index is 1140. The first-order chi connectivity index (χ1) is 16.6. The average molecular weight is 457 g/mol. The Hall–Kier alpha value is -3.31. The summed E-state index contributed by atoms with van der Waals surface area (Å²) in [5.41, 5.74) is 5.49. The van der Waals surface area contributed by atoms with Crippen LogP contribution in [0.4, 0.5) is 0 Å². The van der Waals surface area contributed by atoms with Crippen molar-refractivity contribution >= 4 is 5.91 Å². The number of rotatable bonds is 7. The number of likely N-dealkylation sites (N-methyl/N-ethyl adjacent to an activating group) is 1. The first kappa shape index (κ1) is 22.5. The van der Waals surface area contributed by atoms with Crippen molar-refractivity contribution in [2.45, 2.75) is 24.8 Å². The zero-order valence-electron chi connectivity index (χ0n) is 20.2. The largest absolute Gasteiger partial charge is 0.497 e. The minimum atomic E-state index is -0.303. The molecule has 1 saturated heterocycles. The number of amides is 1. The summed E-state index contributed by atoms with van der Waals surface area (Å²) < 4.78 is 11.2. The maximum Gasteiger partial charge on any atom is 0.234 e. The fraction of sp³-hybridized carbons (Fsp3) is 0.345. The molecule has 0 radical (unpaired) electrons. The molecule has 176 valence electrons. The van der Waals surface area contributed by atoms with Gasteiger partial charge in [-0.15, -0.1) is 0 Å². The summed E-state index contributed by atoms with van der Waals surface area (Å²) in [6.07, 6.45) is 2.40. The number of fused-ring (bicyclic) bond motifs is 3. The Labute approximate surface area is 201 Å². The molecule has 0 spiro atoms. The van der Waals surface area contributed by atoms with Crippen molar-refractivity contribution in [3.05, 3.63) is 83.4 Å². The van der Waals surface area contributed by atoms with Crippen LogP contribution in [0.3, 0.4) is 0 Å². The summed E-state index contributed by atoms with van der Waals surface area (Å²) in [6, 6.07) is 22.3. The van der Waals surface area contributed by atoms with Crippen LogP contribution in [-0.4, -0.2) is 56.6 Å². The molecule has 5 heteroatoms. The minimum Gasteiger partial charge on any atom is -0.497 e. The van der Waals surface area contributed by atoms with E-state index in [2.05, 4.69) is 29.2 Å². The third kappa shape index (κ3) is 3.94. The predicted molar refractivity (Wildman–Crippen MR) is 134 cm³/mol. The van der Waals surface area contributed by atoms with Gasteiger partial charge in [-0.2, -0.15) is 0 Å². The summed E-state index contributed by atoms with van der Waals surface area (Å²) in [7, 11) is 5.27. The van der Waals surface area contributed by atoms with Crippen molar-refractivity contribution in [3.8, 4) is 22.6 Å². The highest BCUT2D eigenvalue weighted by molar-refractivity contribution is 5.96. The molecule has 0 unspecified atom stereocenters. The second-order valence-electron chi connectivity index (χ2n) is 9.19. The molecule has 1 heterocycles. The van der Waals surface area contributed by atoms with Gasteiger partial charge < -0.3 is 19.3 Å². The molecule has 1 aliphatic heterocycles. The molecule has 1 aliphatic carbocycles. The van der Waals surface area contributed by atoms with Gasteiger partial charge in [0.15, 0.2) is 0 Å². The topological polar surface area (TPSA) is 42.0 Å². The number of hydrogen-bond donors (Lipinski definition) is 0. The van der Waals surface area contributed by atoms with Gasteiger partial charge in [-0.3, -0.25) is 4.79 Å². The quantitative estimate of drug-likeness (QED) is 0.495. The highest BCUT2D eigenvalue weighted by Gasteiger charge is 2.38. The zero-order valence-corrected chi connectivity index (χ0v) is 20.2. The predicted octanol–water partition coefficient (Wildman–Crippen LogP) is 5.11. The van der Waals surface area contributed by atoms with Crippen molar-refractivity contribution in [3.63, 3.8) is 0 Å². The van der Waals surface area contributed by atoms with E-state index in [-0.39, 0.29) is 17.9 Å². The lowest BCUT2D eigenvalue weighted by Crippen LogP contribution is -2.40. The Morgan fingerprint density at radius 2 is 1.56 bits per heavy atom. The number of carbonyl (C=O) groups excluding carboxylic acids is 1. The number of carbonyl (C=O) groups is 1. The number of hydrogen-bond acceptors (Lipinski definition) is 4. The number of nitrogens with zero attached hydrogens (tertiary/aromatic N) is 2. The van der Waals surface area contributed by atoms with Crippen LogP contribution in [0.5, 0.6) is 11.5 Å². The fourth-order valence-corrected chi connectivity index (χ4v) is 5.51. The average Bonchev–Trinajstić information content (AvgIpc) is 3.52. The Morgan fingerprint density at radius 1 is 0.941 bits per heavy atom. The van der Waals surface area contributed by atoms with Gasteiger partial charge in [0.05, 0.1) is 26.2 Å². The van der Waals surface area contributed by atoms with Crippen LogP contribution in [0.1, 0.15) is 41.5 Å². The van der Waals surface area contributed by atoms with E-state index in [9.17, 15) is 4.79 Å². The van der Waals surface area contributed by atoms with Crippen LogP contribution >= 0.6 is 0 Å². The molecule has 3 aromatic carbocycles. The fourth-order valence-electron chi connectivity index (χ4n) is 5.51. The summed E-state index contributed by atoms with van der Waals surface area (Å²) in [5, 5.41) is 0. The zero-order chi connectivity index (χ0) is 23.7. The molecule has 5 rings (SSSR count). The third-order valence-corrected chi connectivity index (χ3v) is 7.33. The number of methoxy groups -OCH3 is 2. The normalized spacial score (nSPS) is 16.1. The highest BCUT2D eigenvalue weighted by Crippen LogP contribution is 2.46. The van der Waals surface area contributed by atoms with Gasteiger partial charge in [-0.05, 0) is 60.3 Å². The minimum absolute atomic E-state index is 0.111. The van der Waals surface area contributed by atoms with Crippen molar-refractivity contribution in [1.82, 2.24) is 9.80 Å². The summed E-state index contributed by atoms with van der Waals surface area (Å²) in [4.78, 5) is 18.6. The van der Waals surface area contributed by atoms with Crippen molar-refractivity contribution in [1.29, 1.82) is 0 Å². The van der Waals surface area contributed by atoms with E-state index in [4.69, 9.17) is 9.47 Å². The number of ether oxygens (including phenoxy) is 2. The standard InChI is InChI=1S/C29H32N2O3/c1-30(29(32)28-23-12-6-4-10-21(23)22-11-5-7-13-24(22)28)26(19-31-16-8-9-17-31)25-15-14-20(33-2)18-27(25)34-3/h4-7,10-15,18,26,28H,8-9,16-17,19H2,1-3H3/t26-/m1/s1. The summed E-state index contributed by atoms with van der Waals surface area (Å²) in [6.45, 7) is 2.90. The molecule has 1 fully saturated rings. The lowest BCUT2D eigenvalue weighted by Gasteiger charge is -2.34. The van der Waals surface area contributed by atoms with E-state index in [0.717, 1.165) is 59.0 Å². The van der Waals surface area contributed by atoms with Crippen molar-refractivity contribution in [2.75, 3.05) is 40.9 Å². The maximum absolute atomic E-state index is 14.2. The Kier molecular flexibility index (Phi) is 6.29. The molecule has 34 heavy (non-hydrogen) atoms. The van der Waals surface area contributed by atoms with E-state index in [1.807, 2.05) is 54.4 Å². The highest BCUT2D eigenvalue weighted by atomic mass is 16.5. The molecule has 2 aliphatic rings. The van der Waals surface area contributed by atoms with E-state index >= 15 is 0 Å². The molecule has 1 atom stereocenters. The second kappa shape index (κ2) is 9.51. The molecule has 5 nitrogen and oxygen atoms in total. The van der Waals surface area contributed by atoms with Gasteiger partial charge in [-0.1, -0.05) is 48.5 Å². The monoisotopic (exact) mass is 456 g/mol. The van der Waals surface area contributed by atoms with E-state index in [0.29, 0.717) is 0 Å². The number of likely N-dealkylation sites (tertiary alicyclic amines) is 1. The molecule has 0 saturated carbocycles. The smallest absolute Gasteiger partial charge is 0.234 e. The first-order valence-electron chi connectivity index (χ1n) is 12.0. The third-order valence-electron chi connectivity index (χ3n) is 7.33. The lowest BCUT2D eigenvalue weighted by molar-refractivity contribution is -0.133. The van der Waals surface area contributed by atoms with E-state index in [1.54, 1.807) is 14.2 Å². The van der Waals surface area contributed by atoms with Gasteiger partial charge in [0.1, 0.15) is 11.5 Å². The summed E-state index contributed by atoms with van der Waals surface area (Å²) >= 11 is 0. The van der Waals surface area contributed by atoms with E-state index < -0.39 is 0 Å². The van der Waals surface area contributed by atoms with Gasteiger partial charge in [0, 0.05) is 25.2 Å². The number of benzene rings is 3. The van der Waals surface area contributed by atoms with Crippen molar-refractivity contribution in [2.24, 2.45) is 0 Å². The van der Waals surface area contributed by atoms with Crippen LogP contribution in [0.2, 0.25) is 0 Å². The molecule has 0 aromatic heterocycles. The maximum atomic E-state index is 14.2. The second-order valence-corrected chi connectivity index (χ2v) is 9.19. The Morgan fingerprint density at radius 3 is 2.15 bits per heavy atom. The van der Waals surface area contributed by atoms with Gasteiger partial charge >= 0.3 is 0 Å². The van der Waals surface area contributed by atoms with Crippen LogP contribution in [-0.2, 0) is 4.79 Å². The first-order valence-corrected chi connectivity index (χ1v) is 12.0. The lowest BCUT2D eigenvalue weighted by atomic mass is 9.93. The molecule has 0 bridgehead atoms. The molecular weight excluding hydrogens is 424 g/mol. The molecule has 1 amide bonds. The Balaban J connectivity index is 1.54. The van der Waals surface area contributed by atoms with Crippen molar-refractivity contribution < 1.29 is 14.3 Å². The van der Waals surface area contributed by atoms with Gasteiger partial charge in [0.2, 0.25) is 5.91 Å². The van der Waals surface area contributed by atoms with Crippen LogP contribution < -0.4 is 9.47 Å². The van der Waals surface area contributed by atoms with Gasteiger partial charge in [0.25, 0.3) is 0 Å². The molecule has 0 N–H and O–H groups in total. The molecule has 3 aromatic rings. The summed E-state index contributed by atoms with van der Waals surface area (Å²) in [5.74, 6) is 1.30. The van der Waals surface area contributed by atoms with Gasteiger partial charge in [-0.25, -0.2) is 0 Å². The molecular formula is C29H32N2O3.